The Morgan fingerprint density at radius 1 is 1.41 bits per heavy atom. The van der Waals surface area contributed by atoms with Crippen LogP contribution in [0.15, 0.2) is 24.3 Å². The highest BCUT2D eigenvalue weighted by Crippen LogP contribution is 2.31. The summed E-state index contributed by atoms with van der Waals surface area (Å²) in [6.45, 7) is 1.58. The molecule has 0 heterocycles. The summed E-state index contributed by atoms with van der Waals surface area (Å²) >= 11 is 0. The molecule has 1 aromatic carbocycles. The van der Waals surface area contributed by atoms with Crippen LogP contribution in [0.4, 0.5) is 0 Å². The van der Waals surface area contributed by atoms with E-state index in [-0.39, 0.29) is 24.0 Å². The predicted molar refractivity (Wildman–Crippen MR) is 81.4 cm³/mol. The molecule has 0 saturated heterocycles. The van der Waals surface area contributed by atoms with Gasteiger partial charge < -0.3 is 10.1 Å². The number of carbonyl (C=O) groups is 3. The zero-order chi connectivity index (χ0) is 16.1. The number of methoxy groups -OCH3 is 1. The van der Waals surface area contributed by atoms with Crippen LogP contribution < -0.4 is 5.32 Å². The van der Waals surface area contributed by atoms with Gasteiger partial charge in [-0.1, -0.05) is 24.3 Å². The first-order valence-corrected chi connectivity index (χ1v) is 7.50. The van der Waals surface area contributed by atoms with Crippen LogP contribution in [0.25, 0.3) is 0 Å². The van der Waals surface area contributed by atoms with Crippen molar-refractivity contribution in [1.82, 2.24) is 5.32 Å². The molecule has 118 valence electrons. The molecule has 0 aliphatic heterocycles. The van der Waals surface area contributed by atoms with E-state index in [1.54, 1.807) is 6.92 Å². The number of rotatable bonds is 5. The molecule has 1 aliphatic carbocycles. The molecule has 5 nitrogen and oxygen atoms in total. The number of ketones is 1. The fourth-order valence-corrected chi connectivity index (χ4v) is 2.80. The van der Waals surface area contributed by atoms with Gasteiger partial charge in [-0.3, -0.25) is 9.59 Å². The number of hydrogen-bond acceptors (Lipinski definition) is 4. The Bertz CT molecular complexity index is 582. The lowest BCUT2D eigenvalue weighted by Crippen LogP contribution is -2.39. The molecule has 1 amide bonds. The fraction of sp³-hybridized carbons (Fsp3) is 0.471. The molecule has 2 rings (SSSR count). The molecule has 1 N–H and O–H groups in total. The Morgan fingerprint density at radius 3 is 2.82 bits per heavy atom. The highest BCUT2D eigenvalue weighted by Gasteiger charge is 2.26. The second-order valence-corrected chi connectivity index (χ2v) is 5.65. The number of hydrogen-bond donors (Lipinski definition) is 1. The zero-order valence-corrected chi connectivity index (χ0v) is 12.9. The maximum atomic E-state index is 12.0. The number of amides is 1. The summed E-state index contributed by atoms with van der Waals surface area (Å²) in [5.74, 6) is -0.468. The molecule has 1 fully saturated rings. The van der Waals surface area contributed by atoms with Crippen LogP contribution in [-0.2, 0) is 25.5 Å². The van der Waals surface area contributed by atoms with E-state index in [1.165, 1.54) is 7.11 Å². The molecule has 5 heteroatoms. The molecule has 1 aromatic rings. The number of ether oxygens (including phenoxy) is 1. The van der Waals surface area contributed by atoms with Crippen molar-refractivity contribution >= 4 is 17.7 Å². The lowest BCUT2D eigenvalue weighted by Gasteiger charge is -2.13. The van der Waals surface area contributed by atoms with Gasteiger partial charge in [0.05, 0.1) is 13.5 Å². The van der Waals surface area contributed by atoms with Crippen LogP contribution in [-0.4, -0.2) is 30.8 Å². The Labute approximate surface area is 130 Å². The molecule has 0 aromatic heterocycles. The number of esters is 1. The van der Waals surface area contributed by atoms with Gasteiger partial charge in [0.15, 0.2) is 0 Å². The van der Waals surface area contributed by atoms with Crippen LogP contribution >= 0.6 is 0 Å². The van der Waals surface area contributed by atoms with Gasteiger partial charge in [0.2, 0.25) is 5.91 Å². The first-order valence-electron chi connectivity index (χ1n) is 7.50. The van der Waals surface area contributed by atoms with Crippen molar-refractivity contribution in [2.24, 2.45) is 0 Å². The minimum atomic E-state index is -0.669. The minimum absolute atomic E-state index is 0.0306. The summed E-state index contributed by atoms with van der Waals surface area (Å²) in [6, 6.07) is 6.90. The third kappa shape index (κ3) is 3.93. The minimum Gasteiger partial charge on any atom is -0.467 e. The molecule has 0 bridgehead atoms. The fourth-order valence-electron chi connectivity index (χ4n) is 2.80. The van der Waals surface area contributed by atoms with Gasteiger partial charge in [-0.05, 0) is 30.9 Å². The molecule has 22 heavy (non-hydrogen) atoms. The first kappa shape index (κ1) is 16.2. The van der Waals surface area contributed by atoms with Crippen molar-refractivity contribution in [2.45, 2.75) is 44.6 Å². The topological polar surface area (TPSA) is 72.5 Å². The Kier molecular flexibility index (Phi) is 5.31. The quantitative estimate of drug-likeness (QED) is 0.841. The standard InChI is InChI=1S/C17H21NO4/c1-11(17(21)22-2)18-16(20)10-12-5-3-6-13(9-12)14-7-4-8-15(14)19/h3,5-6,9,11,14H,4,7-8,10H2,1-2H3,(H,18,20). The van der Waals surface area contributed by atoms with E-state index >= 15 is 0 Å². The predicted octanol–water partition coefficient (Wildman–Crippen LogP) is 1.74. The van der Waals surface area contributed by atoms with Crippen LogP contribution in [0.1, 0.15) is 43.2 Å². The van der Waals surface area contributed by atoms with E-state index in [0.717, 1.165) is 24.0 Å². The summed E-state index contributed by atoms with van der Waals surface area (Å²) < 4.78 is 4.57. The SMILES string of the molecule is COC(=O)C(C)NC(=O)Cc1cccc(C2CCCC2=O)c1. The van der Waals surface area contributed by atoms with Gasteiger partial charge in [-0.25, -0.2) is 4.79 Å². The number of carbonyl (C=O) groups excluding carboxylic acids is 3. The van der Waals surface area contributed by atoms with Gasteiger partial charge in [-0.15, -0.1) is 0 Å². The van der Waals surface area contributed by atoms with E-state index in [4.69, 9.17) is 0 Å². The second kappa shape index (κ2) is 7.20. The van der Waals surface area contributed by atoms with E-state index in [9.17, 15) is 14.4 Å². The summed E-state index contributed by atoms with van der Waals surface area (Å²) in [4.78, 5) is 35.1. The Hall–Kier alpha value is -2.17. The van der Waals surface area contributed by atoms with Gasteiger partial charge >= 0.3 is 5.97 Å². The van der Waals surface area contributed by atoms with E-state index < -0.39 is 12.0 Å². The molecule has 0 spiro atoms. The summed E-state index contributed by atoms with van der Waals surface area (Å²) in [5, 5.41) is 2.60. The lowest BCUT2D eigenvalue weighted by molar-refractivity contribution is -0.144. The number of benzene rings is 1. The van der Waals surface area contributed by atoms with Crippen LogP contribution in [0.3, 0.4) is 0 Å². The van der Waals surface area contributed by atoms with Crippen molar-refractivity contribution in [3.05, 3.63) is 35.4 Å². The lowest BCUT2D eigenvalue weighted by atomic mass is 9.94. The smallest absolute Gasteiger partial charge is 0.328 e. The molecule has 2 unspecified atom stereocenters. The van der Waals surface area contributed by atoms with Gasteiger partial charge in [0.25, 0.3) is 0 Å². The Balaban J connectivity index is 1.99. The van der Waals surface area contributed by atoms with E-state index in [1.807, 2.05) is 24.3 Å². The molecule has 1 aliphatic rings. The largest absolute Gasteiger partial charge is 0.467 e. The normalized spacial score (nSPS) is 18.8. The van der Waals surface area contributed by atoms with Crippen molar-refractivity contribution in [3.8, 4) is 0 Å². The van der Waals surface area contributed by atoms with Crippen LogP contribution in [0.5, 0.6) is 0 Å². The molecule has 2 atom stereocenters. The number of nitrogens with one attached hydrogen (secondary N) is 1. The summed E-state index contributed by atoms with van der Waals surface area (Å²) in [5.41, 5.74) is 1.82. The molecular weight excluding hydrogens is 282 g/mol. The monoisotopic (exact) mass is 303 g/mol. The number of Topliss-reactive ketones (excluding diaryl/α,β-unsaturated/α-hetero) is 1. The Morgan fingerprint density at radius 2 is 2.18 bits per heavy atom. The van der Waals surface area contributed by atoms with E-state index in [2.05, 4.69) is 10.1 Å². The van der Waals surface area contributed by atoms with Crippen molar-refractivity contribution < 1.29 is 19.1 Å². The summed E-state index contributed by atoms with van der Waals surface area (Å²) in [7, 11) is 1.28. The van der Waals surface area contributed by atoms with Crippen molar-refractivity contribution in [1.29, 1.82) is 0 Å². The molecular formula is C17H21NO4. The zero-order valence-electron chi connectivity index (χ0n) is 12.9. The van der Waals surface area contributed by atoms with Crippen molar-refractivity contribution in [2.75, 3.05) is 7.11 Å². The van der Waals surface area contributed by atoms with Crippen molar-refractivity contribution in [3.63, 3.8) is 0 Å². The third-order valence-electron chi connectivity index (χ3n) is 3.95. The second-order valence-electron chi connectivity index (χ2n) is 5.65. The highest BCUT2D eigenvalue weighted by molar-refractivity contribution is 5.88. The first-order chi connectivity index (χ1) is 10.5. The highest BCUT2D eigenvalue weighted by atomic mass is 16.5. The van der Waals surface area contributed by atoms with Gasteiger partial charge in [-0.2, -0.15) is 0 Å². The average Bonchev–Trinajstić information content (AvgIpc) is 2.92. The molecule has 0 radical (unpaired) electrons. The maximum Gasteiger partial charge on any atom is 0.328 e. The van der Waals surface area contributed by atoms with Gasteiger partial charge in [0, 0.05) is 12.3 Å². The summed E-state index contributed by atoms with van der Waals surface area (Å²) in [6.07, 6.45) is 2.64. The van der Waals surface area contributed by atoms with Crippen LogP contribution in [0, 0.1) is 0 Å². The average molecular weight is 303 g/mol. The van der Waals surface area contributed by atoms with Crippen LogP contribution in [0.2, 0.25) is 0 Å². The van der Waals surface area contributed by atoms with E-state index in [0.29, 0.717) is 6.42 Å². The maximum absolute atomic E-state index is 12.0. The molecule has 1 saturated carbocycles. The third-order valence-corrected chi connectivity index (χ3v) is 3.95. The van der Waals surface area contributed by atoms with Gasteiger partial charge in [0.1, 0.15) is 11.8 Å².